The number of allylic oxidation sites excluding steroid dienone is 1. The van der Waals surface area contributed by atoms with Gasteiger partial charge in [-0.3, -0.25) is 9.36 Å². The molecule has 0 bridgehead atoms. The summed E-state index contributed by atoms with van der Waals surface area (Å²) < 4.78 is 34.0. The molecule has 0 amide bonds. The van der Waals surface area contributed by atoms with Crippen LogP contribution in [0.4, 0.5) is 0 Å². The molecular formula is C34H31ClN2O10S. The molecule has 0 aliphatic carbocycles. The Bertz CT molecular complexity index is 2110. The molecule has 1 aliphatic rings. The van der Waals surface area contributed by atoms with E-state index in [1.807, 2.05) is 0 Å². The minimum absolute atomic E-state index is 0.118. The lowest BCUT2D eigenvalue weighted by atomic mass is 9.95. The molecule has 5 rings (SSSR count). The molecule has 1 atom stereocenters. The Morgan fingerprint density at radius 2 is 1.77 bits per heavy atom. The van der Waals surface area contributed by atoms with E-state index in [0.29, 0.717) is 43.4 Å². The number of fused-ring (bicyclic) bond motifs is 1. The van der Waals surface area contributed by atoms with Crippen LogP contribution in [0.15, 0.2) is 74.0 Å². The highest BCUT2D eigenvalue weighted by Gasteiger charge is 2.34. The number of ether oxygens (including phenoxy) is 5. The molecule has 12 nitrogen and oxygen atoms in total. The summed E-state index contributed by atoms with van der Waals surface area (Å²) in [5.41, 5.74) is 1.45. The summed E-state index contributed by atoms with van der Waals surface area (Å²) in [6.07, 6.45) is 1.58. The molecule has 0 saturated carbocycles. The van der Waals surface area contributed by atoms with Crippen molar-refractivity contribution in [2.24, 2.45) is 4.99 Å². The van der Waals surface area contributed by atoms with Crippen molar-refractivity contribution in [1.82, 2.24) is 4.57 Å². The fourth-order valence-corrected chi connectivity index (χ4v) is 6.27. The summed E-state index contributed by atoms with van der Waals surface area (Å²) in [6.45, 7) is 5.23. The van der Waals surface area contributed by atoms with Crippen LogP contribution in [0.3, 0.4) is 0 Å². The van der Waals surface area contributed by atoms with Crippen LogP contribution in [0.5, 0.6) is 11.5 Å². The van der Waals surface area contributed by atoms with Gasteiger partial charge in [-0.1, -0.05) is 29.0 Å². The van der Waals surface area contributed by atoms with Gasteiger partial charge >= 0.3 is 17.9 Å². The minimum atomic E-state index is -0.922. The number of hydrogen-bond acceptors (Lipinski definition) is 12. The molecule has 0 unspecified atom stereocenters. The van der Waals surface area contributed by atoms with Gasteiger partial charge in [-0.2, -0.15) is 0 Å². The SMILES string of the molecule is CCOC(=O)C1=C(C)N=c2s/c(=C/c3ccc(-c4ccc(Cl)c(C(=O)OC)c4)o3)c(=O)n2[C@@H]1c1ccc(OCC(=O)OC)c(OCC)c1. The predicted octanol–water partition coefficient (Wildman–Crippen LogP) is 4.45. The van der Waals surface area contributed by atoms with Crippen molar-refractivity contribution in [1.29, 1.82) is 0 Å². The molecule has 1 aliphatic heterocycles. The summed E-state index contributed by atoms with van der Waals surface area (Å²) in [7, 11) is 2.52. The average Bonchev–Trinajstić information content (AvgIpc) is 3.67. The van der Waals surface area contributed by atoms with E-state index >= 15 is 0 Å². The van der Waals surface area contributed by atoms with Gasteiger partial charge in [0.05, 0.1) is 59.9 Å². The van der Waals surface area contributed by atoms with Crippen molar-refractivity contribution in [3.8, 4) is 22.8 Å². The largest absolute Gasteiger partial charge is 0.490 e. The van der Waals surface area contributed by atoms with Gasteiger partial charge in [-0.05, 0) is 68.8 Å². The number of carbonyl (C=O) groups is 3. The van der Waals surface area contributed by atoms with Crippen molar-refractivity contribution < 1.29 is 42.5 Å². The number of aromatic nitrogens is 1. The summed E-state index contributed by atoms with van der Waals surface area (Å²) >= 11 is 7.30. The second kappa shape index (κ2) is 14.7. The zero-order valence-electron chi connectivity index (χ0n) is 26.7. The number of rotatable bonds is 11. The molecule has 0 saturated heterocycles. The monoisotopic (exact) mass is 694 g/mol. The fourth-order valence-electron chi connectivity index (χ4n) is 5.04. The van der Waals surface area contributed by atoms with E-state index in [0.717, 1.165) is 11.3 Å². The number of nitrogens with zero attached hydrogens (tertiary/aromatic N) is 2. The number of furan rings is 1. The molecule has 2 aromatic heterocycles. The standard InChI is InChI=1S/C34H31ClN2O10S/c1-6-44-26-15-20(9-12-25(26)46-17-28(38)42-4)30-29(33(41)45-7-2)18(3)36-34-37(30)31(39)27(48-34)16-21-10-13-24(47-21)19-8-11-23(35)22(14-19)32(40)43-5/h8-16,30H,6-7,17H2,1-5H3/b27-16+/t30-/m1/s1. The van der Waals surface area contributed by atoms with Crippen LogP contribution in [0.2, 0.25) is 5.02 Å². The highest BCUT2D eigenvalue weighted by molar-refractivity contribution is 7.07. The lowest BCUT2D eigenvalue weighted by Crippen LogP contribution is -2.40. The van der Waals surface area contributed by atoms with Crippen LogP contribution in [0.25, 0.3) is 17.4 Å². The predicted molar refractivity (Wildman–Crippen MR) is 176 cm³/mol. The van der Waals surface area contributed by atoms with Gasteiger partial charge in [-0.15, -0.1) is 0 Å². The van der Waals surface area contributed by atoms with Gasteiger partial charge in [0.25, 0.3) is 5.56 Å². The molecule has 4 aromatic rings. The Morgan fingerprint density at radius 1 is 0.979 bits per heavy atom. The Kier molecular flexibility index (Phi) is 10.5. The van der Waals surface area contributed by atoms with Crippen LogP contribution in [0, 0.1) is 0 Å². The van der Waals surface area contributed by atoms with Gasteiger partial charge in [0.2, 0.25) is 0 Å². The van der Waals surface area contributed by atoms with E-state index < -0.39 is 29.5 Å². The molecule has 3 heterocycles. The smallest absolute Gasteiger partial charge is 0.343 e. The summed E-state index contributed by atoms with van der Waals surface area (Å²) in [5, 5.41) is 0.238. The first-order chi connectivity index (χ1) is 23.1. The Balaban J connectivity index is 1.60. The maximum Gasteiger partial charge on any atom is 0.343 e. The fraction of sp³-hybridized carbons (Fsp3) is 0.265. The first kappa shape index (κ1) is 34.2. The van der Waals surface area contributed by atoms with E-state index in [1.165, 1.54) is 18.8 Å². The quantitative estimate of drug-likeness (QED) is 0.163. The molecule has 0 spiro atoms. The third-order valence-electron chi connectivity index (χ3n) is 7.23. The molecular weight excluding hydrogens is 664 g/mol. The summed E-state index contributed by atoms with van der Waals surface area (Å²) in [4.78, 5) is 56.2. The second-order valence-corrected chi connectivity index (χ2v) is 11.6. The van der Waals surface area contributed by atoms with Crippen molar-refractivity contribution in [2.75, 3.05) is 34.0 Å². The lowest BCUT2D eigenvalue weighted by Gasteiger charge is -2.25. The van der Waals surface area contributed by atoms with Crippen molar-refractivity contribution in [3.05, 3.63) is 101 Å². The van der Waals surface area contributed by atoms with E-state index in [2.05, 4.69) is 9.73 Å². The highest BCUT2D eigenvalue weighted by atomic mass is 35.5. The first-order valence-electron chi connectivity index (χ1n) is 14.7. The Hall–Kier alpha value is -5.14. The lowest BCUT2D eigenvalue weighted by molar-refractivity contribution is -0.143. The van der Waals surface area contributed by atoms with Gasteiger partial charge in [0, 0.05) is 11.6 Å². The normalized spacial score (nSPS) is 14.2. The number of halogens is 1. The third kappa shape index (κ3) is 6.92. The number of thiazole rings is 1. The number of carbonyl (C=O) groups excluding carboxylic acids is 3. The average molecular weight is 695 g/mol. The maximum atomic E-state index is 14.1. The van der Waals surface area contributed by atoms with Crippen LogP contribution in [-0.2, 0) is 23.8 Å². The Morgan fingerprint density at radius 3 is 2.48 bits per heavy atom. The van der Waals surface area contributed by atoms with E-state index in [1.54, 1.807) is 75.4 Å². The van der Waals surface area contributed by atoms with Crippen LogP contribution in [-0.4, -0.2) is 56.5 Å². The van der Waals surface area contributed by atoms with Gasteiger partial charge in [0.1, 0.15) is 11.5 Å². The molecule has 2 aromatic carbocycles. The molecule has 0 radical (unpaired) electrons. The number of hydrogen-bond donors (Lipinski definition) is 0. The molecule has 14 heteroatoms. The highest BCUT2D eigenvalue weighted by Crippen LogP contribution is 2.36. The number of benzene rings is 2. The third-order valence-corrected chi connectivity index (χ3v) is 8.54. The first-order valence-corrected chi connectivity index (χ1v) is 15.9. The van der Waals surface area contributed by atoms with Crippen molar-refractivity contribution in [2.45, 2.75) is 26.8 Å². The molecule has 48 heavy (non-hydrogen) atoms. The van der Waals surface area contributed by atoms with Crippen molar-refractivity contribution in [3.63, 3.8) is 0 Å². The Labute approximate surface area is 283 Å². The summed E-state index contributed by atoms with van der Waals surface area (Å²) in [6, 6.07) is 12.2. The molecule has 0 fully saturated rings. The zero-order valence-corrected chi connectivity index (χ0v) is 28.2. The van der Waals surface area contributed by atoms with Crippen LogP contribution >= 0.6 is 22.9 Å². The van der Waals surface area contributed by atoms with Crippen molar-refractivity contribution >= 4 is 46.9 Å². The van der Waals surface area contributed by atoms with Gasteiger partial charge < -0.3 is 28.1 Å². The van der Waals surface area contributed by atoms with Gasteiger partial charge in [0.15, 0.2) is 22.9 Å². The zero-order chi connectivity index (χ0) is 34.5. The van der Waals surface area contributed by atoms with E-state index in [-0.39, 0.29) is 41.7 Å². The number of esters is 3. The van der Waals surface area contributed by atoms with Crippen LogP contribution < -0.4 is 24.4 Å². The van der Waals surface area contributed by atoms with Crippen LogP contribution in [0.1, 0.15) is 48.5 Å². The summed E-state index contributed by atoms with van der Waals surface area (Å²) in [5.74, 6) is -0.380. The molecule has 250 valence electrons. The van der Waals surface area contributed by atoms with E-state index in [4.69, 9.17) is 35.0 Å². The van der Waals surface area contributed by atoms with Gasteiger partial charge in [-0.25, -0.2) is 19.4 Å². The van der Waals surface area contributed by atoms with E-state index in [9.17, 15) is 19.2 Å². The molecule has 0 N–H and O–H groups in total. The second-order valence-electron chi connectivity index (χ2n) is 10.2. The number of methoxy groups -OCH3 is 2. The maximum absolute atomic E-state index is 14.1. The topological polar surface area (TPSA) is 145 Å². The minimum Gasteiger partial charge on any atom is -0.490 e.